The summed E-state index contributed by atoms with van der Waals surface area (Å²) >= 11 is 6.01. The Labute approximate surface area is 135 Å². The van der Waals surface area contributed by atoms with Gasteiger partial charge in [-0.3, -0.25) is 9.89 Å². The monoisotopic (exact) mass is 321 g/mol. The minimum absolute atomic E-state index is 0.102. The lowest BCUT2D eigenvalue weighted by atomic mass is 10.1. The molecule has 0 aliphatic rings. The highest BCUT2D eigenvalue weighted by Crippen LogP contribution is 2.24. The molecule has 1 aromatic carbocycles. The van der Waals surface area contributed by atoms with Crippen molar-refractivity contribution in [1.82, 2.24) is 15.1 Å². The van der Waals surface area contributed by atoms with Crippen molar-refractivity contribution in [2.45, 2.75) is 25.8 Å². The summed E-state index contributed by atoms with van der Waals surface area (Å²) in [5, 5.41) is 7.30. The number of ether oxygens (including phenoxy) is 1. The molecule has 0 aliphatic carbocycles. The van der Waals surface area contributed by atoms with Gasteiger partial charge in [-0.2, -0.15) is 5.10 Å². The normalized spacial score (nSPS) is 10.5. The van der Waals surface area contributed by atoms with Crippen molar-refractivity contribution in [2.75, 3.05) is 14.2 Å². The minimum atomic E-state index is 0.102. The molecule has 2 rings (SSSR count). The van der Waals surface area contributed by atoms with Crippen molar-refractivity contribution in [2.24, 2.45) is 0 Å². The van der Waals surface area contributed by atoms with Crippen molar-refractivity contribution >= 4 is 17.5 Å². The number of aromatic nitrogens is 2. The fourth-order valence-electron chi connectivity index (χ4n) is 2.26. The van der Waals surface area contributed by atoms with Gasteiger partial charge in [0, 0.05) is 36.8 Å². The predicted octanol–water partition coefficient (Wildman–Crippen LogP) is 3.05. The van der Waals surface area contributed by atoms with E-state index in [1.165, 1.54) is 0 Å². The molecule has 0 aliphatic heterocycles. The first kappa shape index (κ1) is 16.4. The molecule has 0 unspecified atom stereocenters. The molecule has 0 spiro atoms. The summed E-state index contributed by atoms with van der Waals surface area (Å²) in [6.07, 6.45) is 5.78. The van der Waals surface area contributed by atoms with Crippen LogP contribution >= 0.6 is 11.6 Å². The van der Waals surface area contributed by atoms with Gasteiger partial charge in [-0.05, 0) is 36.6 Å². The van der Waals surface area contributed by atoms with E-state index in [-0.39, 0.29) is 5.91 Å². The molecule has 1 aromatic heterocycles. The third-order valence-corrected chi connectivity index (χ3v) is 3.72. The fraction of sp³-hybridized carbons (Fsp3) is 0.375. The molecule has 0 fully saturated rings. The Kier molecular flexibility index (Phi) is 5.83. The second-order valence-corrected chi connectivity index (χ2v) is 5.60. The van der Waals surface area contributed by atoms with E-state index in [0.29, 0.717) is 18.0 Å². The Hall–Kier alpha value is -2.01. The van der Waals surface area contributed by atoms with Crippen LogP contribution in [0.2, 0.25) is 5.02 Å². The number of carbonyl (C=O) groups is 1. The number of amides is 1. The number of H-pyrrole nitrogens is 1. The van der Waals surface area contributed by atoms with Crippen LogP contribution in [0.25, 0.3) is 0 Å². The Bertz CT molecular complexity index is 614. The molecular weight excluding hydrogens is 302 g/mol. The average molecular weight is 322 g/mol. The van der Waals surface area contributed by atoms with Crippen molar-refractivity contribution in [1.29, 1.82) is 0 Å². The Morgan fingerprint density at radius 1 is 1.45 bits per heavy atom. The summed E-state index contributed by atoms with van der Waals surface area (Å²) in [4.78, 5) is 13.9. The van der Waals surface area contributed by atoms with Crippen molar-refractivity contribution in [3.05, 3.63) is 46.7 Å². The number of methoxy groups -OCH3 is 1. The van der Waals surface area contributed by atoms with Crippen LogP contribution in [-0.4, -0.2) is 35.2 Å². The highest BCUT2D eigenvalue weighted by Gasteiger charge is 2.12. The lowest BCUT2D eigenvalue weighted by Crippen LogP contribution is -2.26. The van der Waals surface area contributed by atoms with E-state index in [1.807, 2.05) is 18.3 Å². The molecular formula is C16H20ClN3O2. The standard InChI is InChI=1S/C16H20ClN3O2/c1-20(11-13-8-14(17)6-7-15(13)22-2)16(21)5-3-4-12-9-18-19-10-12/h6-10H,3-5,11H2,1-2H3,(H,18,19). The maximum absolute atomic E-state index is 12.2. The smallest absolute Gasteiger partial charge is 0.222 e. The number of halogens is 1. The van der Waals surface area contributed by atoms with Crippen LogP contribution < -0.4 is 4.74 Å². The molecule has 22 heavy (non-hydrogen) atoms. The largest absolute Gasteiger partial charge is 0.496 e. The van der Waals surface area contributed by atoms with Gasteiger partial charge in [-0.15, -0.1) is 0 Å². The van der Waals surface area contributed by atoms with E-state index in [9.17, 15) is 4.79 Å². The van der Waals surface area contributed by atoms with Crippen molar-refractivity contribution in [3.8, 4) is 5.75 Å². The summed E-state index contributed by atoms with van der Waals surface area (Å²) in [5.41, 5.74) is 2.02. The first-order valence-electron chi connectivity index (χ1n) is 7.14. The van der Waals surface area contributed by atoms with E-state index < -0.39 is 0 Å². The highest BCUT2D eigenvalue weighted by atomic mass is 35.5. The van der Waals surface area contributed by atoms with Crippen LogP contribution in [0.5, 0.6) is 5.75 Å². The number of nitrogens with one attached hydrogen (secondary N) is 1. The van der Waals surface area contributed by atoms with Gasteiger partial charge in [-0.25, -0.2) is 0 Å². The molecule has 2 aromatic rings. The molecule has 0 saturated carbocycles. The van der Waals surface area contributed by atoms with Crippen LogP contribution in [0.4, 0.5) is 0 Å². The van der Waals surface area contributed by atoms with Crippen LogP contribution in [0.1, 0.15) is 24.0 Å². The van der Waals surface area contributed by atoms with E-state index in [2.05, 4.69) is 10.2 Å². The number of aromatic amines is 1. The Balaban J connectivity index is 1.87. The van der Waals surface area contributed by atoms with Gasteiger partial charge in [0.1, 0.15) is 5.75 Å². The van der Waals surface area contributed by atoms with Gasteiger partial charge in [0.15, 0.2) is 0 Å². The van der Waals surface area contributed by atoms with E-state index in [1.54, 1.807) is 31.3 Å². The minimum Gasteiger partial charge on any atom is -0.496 e. The SMILES string of the molecule is COc1ccc(Cl)cc1CN(C)C(=O)CCCc1cn[nH]c1. The molecule has 0 saturated heterocycles. The van der Waals surface area contributed by atoms with Gasteiger partial charge in [-0.1, -0.05) is 11.6 Å². The topological polar surface area (TPSA) is 58.2 Å². The van der Waals surface area contributed by atoms with Crippen molar-refractivity contribution < 1.29 is 9.53 Å². The second-order valence-electron chi connectivity index (χ2n) is 5.17. The number of benzene rings is 1. The summed E-state index contributed by atoms with van der Waals surface area (Å²) in [6.45, 7) is 0.480. The van der Waals surface area contributed by atoms with Gasteiger partial charge in [0.2, 0.25) is 5.91 Å². The Morgan fingerprint density at radius 2 is 2.27 bits per heavy atom. The van der Waals surface area contributed by atoms with Crippen LogP contribution in [0.15, 0.2) is 30.6 Å². The predicted molar refractivity (Wildman–Crippen MR) is 86.0 cm³/mol. The van der Waals surface area contributed by atoms with Crippen LogP contribution in [0.3, 0.4) is 0 Å². The average Bonchev–Trinajstić information content (AvgIpc) is 3.00. The molecule has 0 bridgehead atoms. The van der Waals surface area contributed by atoms with Crippen LogP contribution in [0, 0.1) is 0 Å². The van der Waals surface area contributed by atoms with E-state index >= 15 is 0 Å². The van der Waals surface area contributed by atoms with E-state index in [4.69, 9.17) is 16.3 Å². The molecule has 0 radical (unpaired) electrons. The maximum atomic E-state index is 12.2. The summed E-state index contributed by atoms with van der Waals surface area (Å²) in [6, 6.07) is 5.42. The number of nitrogens with zero attached hydrogens (tertiary/aromatic N) is 2. The number of aryl methyl sites for hydroxylation is 1. The lowest BCUT2D eigenvalue weighted by molar-refractivity contribution is -0.130. The molecule has 1 heterocycles. The molecule has 0 atom stereocenters. The first-order valence-corrected chi connectivity index (χ1v) is 7.52. The summed E-state index contributed by atoms with van der Waals surface area (Å²) < 4.78 is 5.30. The third-order valence-electron chi connectivity index (χ3n) is 3.49. The number of rotatable bonds is 7. The van der Waals surface area contributed by atoms with Gasteiger partial charge in [0.25, 0.3) is 0 Å². The van der Waals surface area contributed by atoms with Gasteiger partial charge < -0.3 is 9.64 Å². The fourth-order valence-corrected chi connectivity index (χ4v) is 2.46. The molecule has 118 valence electrons. The Morgan fingerprint density at radius 3 is 2.95 bits per heavy atom. The highest BCUT2D eigenvalue weighted by molar-refractivity contribution is 6.30. The van der Waals surface area contributed by atoms with Crippen molar-refractivity contribution in [3.63, 3.8) is 0 Å². The molecule has 1 amide bonds. The zero-order valence-electron chi connectivity index (χ0n) is 12.8. The van der Waals surface area contributed by atoms with E-state index in [0.717, 1.165) is 29.7 Å². The molecule has 5 nitrogen and oxygen atoms in total. The number of hydrogen-bond donors (Lipinski definition) is 1. The maximum Gasteiger partial charge on any atom is 0.222 e. The molecule has 6 heteroatoms. The number of carbonyl (C=O) groups excluding carboxylic acids is 1. The third kappa shape index (κ3) is 4.49. The summed E-state index contributed by atoms with van der Waals surface area (Å²) in [5.74, 6) is 0.841. The lowest BCUT2D eigenvalue weighted by Gasteiger charge is -2.19. The molecule has 1 N–H and O–H groups in total. The quantitative estimate of drug-likeness (QED) is 0.852. The van der Waals surface area contributed by atoms with Gasteiger partial charge >= 0.3 is 0 Å². The zero-order chi connectivity index (χ0) is 15.9. The first-order chi connectivity index (χ1) is 10.6. The second kappa shape index (κ2) is 7.84. The van der Waals surface area contributed by atoms with Gasteiger partial charge in [0.05, 0.1) is 13.3 Å². The zero-order valence-corrected chi connectivity index (χ0v) is 13.6. The number of hydrogen-bond acceptors (Lipinski definition) is 3. The van der Waals surface area contributed by atoms with Crippen LogP contribution in [-0.2, 0) is 17.8 Å². The summed E-state index contributed by atoms with van der Waals surface area (Å²) in [7, 11) is 3.40.